The summed E-state index contributed by atoms with van der Waals surface area (Å²) >= 11 is 0. The van der Waals surface area contributed by atoms with E-state index in [1.54, 1.807) is 0 Å². The summed E-state index contributed by atoms with van der Waals surface area (Å²) in [5.74, 6) is -2.83. The molecule has 0 aromatic heterocycles. The van der Waals surface area contributed by atoms with Gasteiger partial charge in [-0.25, -0.2) is 0 Å². The molecule has 1 saturated heterocycles. The van der Waals surface area contributed by atoms with Gasteiger partial charge in [0.15, 0.2) is 0 Å². The van der Waals surface area contributed by atoms with E-state index in [-0.39, 0.29) is 34.1 Å². The van der Waals surface area contributed by atoms with E-state index in [4.69, 9.17) is 0 Å². The van der Waals surface area contributed by atoms with Gasteiger partial charge in [-0.2, -0.15) is 0 Å². The van der Waals surface area contributed by atoms with Gasteiger partial charge in [0, 0.05) is 48.1 Å². The van der Waals surface area contributed by atoms with Gasteiger partial charge in [0.05, 0.1) is 21.5 Å². The van der Waals surface area contributed by atoms with Crippen LogP contribution in [0.4, 0.5) is 22.7 Å². The third-order valence-corrected chi connectivity index (χ3v) is 5.68. The van der Waals surface area contributed by atoms with Crippen LogP contribution in [0.15, 0.2) is 78.4 Å². The van der Waals surface area contributed by atoms with Crippen LogP contribution in [-0.4, -0.2) is 32.6 Å². The Hall–Kier alpha value is -5.39. The number of carbonyl (C=O) groups is 3. The van der Waals surface area contributed by atoms with E-state index in [0.717, 1.165) is 17.0 Å². The molecular weight excluding hydrogens is 484 g/mol. The Bertz CT molecular complexity index is 1460. The van der Waals surface area contributed by atoms with Crippen LogP contribution in [0.3, 0.4) is 0 Å². The van der Waals surface area contributed by atoms with Crippen molar-refractivity contribution in [2.75, 3.05) is 10.2 Å². The average Bonchev–Trinajstić information content (AvgIpc) is 3.14. The smallest absolute Gasteiger partial charge is 0.300 e. The second-order valence-electron chi connectivity index (χ2n) is 8.05. The highest BCUT2D eigenvalue weighted by Crippen LogP contribution is 2.42. The molecule has 1 aliphatic rings. The number of nitrogens with one attached hydrogen (secondary N) is 1. The maximum absolute atomic E-state index is 13.2. The van der Waals surface area contributed by atoms with Gasteiger partial charge in [-0.3, -0.25) is 39.5 Å². The van der Waals surface area contributed by atoms with E-state index in [2.05, 4.69) is 5.32 Å². The first kappa shape index (κ1) is 24.7. The Morgan fingerprint density at radius 1 is 0.865 bits per heavy atom. The predicted octanol–water partition coefficient (Wildman–Crippen LogP) is 4.09. The molecular formula is C25H18N4O8. The van der Waals surface area contributed by atoms with Crippen LogP contribution in [0.1, 0.15) is 24.1 Å². The second kappa shape index (κ2) is 9.70. The monoisotopic (exact) mass is 502 g/mol. The van der Waals surface area contributed by atoms with Crippen LogP contribution in [0.2, 0.25) is 0 Å². The van der Waals surface area contributed by atoms with E-state index in [0.29, 0.717) is 11.3 Å². The summed E-state index contributed by atoms with van der Waals surface area (Å²) in [6.07, 6.45) is 0. The maximum Gasteiger partial charge on any atom is 0.300 e. The number of aliphatic hydroxyl groups excluding tert-OH is 1. The summed E-state index contributed by atoms with van der Waals surface area (Å²) < 4.78 is 0. The molecule has 2 N–H and O–H groups in total. The number of rotatable bonds is 6. The van der Waals surface area contributed by atoms with Crippen molar-refractivity contribution in [1.29, 1.82) is 0 Å². The first-order valence-corrected chi connectivity index (χ1v) is 10.8. The molecule has 0 spiro atoms. The summed E-state index contributed by atoms with van der Waals surface area (Å²) in [6, 6.07) is 14.8. The number of amides is 2. The molecule has 1 unspecified atom stereocenters. The molecule has 1 heterocycles. The van der Waals surface area contributed by atoms with Crippen molar-refractivity contribution in [3.05, 3.63) is 110 Å². The van der Waals surface area contributed by atoms with Crippen LogP contribution in [0.25, 0.3) is 5.76 Å². The fourth-order valence-corrected chi connectivity index (χ4v) is 4.00. The highest BCUT2D eigenvalue weighted by Gasteiger charge is 2.47. The topological polar surface area (TPSA) is 173 Å². The molecule has 3 aromatic rings. The van der Waals surface area contributed by atoms with Crippen molar-refractivity contribution < 1.29 is 29.3 Å². The van der Waals surface area contributed by atoms with Crippen LogP contribution >= 0.6 is 0 Å². The number of nitro groups is 2. The van der Waals surface area contributed by atoms with Crippen molar-refractivity contribution in [2.24, 2.45) is 0 Å². The van der Waals surface area contributed by atoms with Crippen molar-refractivity contribution in [3.63, 3.8) is 0 Å². The Kier molecular flexibility index (Phi) is 6.48. The zero-order valence-electron chi connectivity index (χ0n) is 19.2. The molecule has 1 atom stereocenters. The molecule has 186 valence electrons. The van der Waals surface area contributed by atoms with Crippen LogP contribution in [-0.2, 0) is 14.4 Å². The van der Waals surface area contributed by atoms with E-state index in [1.165, 1.54) is 67.6 Å². The van der Waals surface area contributed by atoms with Gasteiger partial charge in [-0.1, -0.05) is 0 Å². The van der Waals surface area contributed by atoms with Crippen LogP contribution in [0.5, 0.6) is 0 Å². The third kappa shape index (κ3) is 4.75. The van der Waals surface area contributed by atoms with Gasteiger partial charge in [0.1, 0.15) is 5.76 Å². The largest absolute Gasteiger partial charge is 0.507 e. The fourth-order valence-electron chi connectivity index (χ4n) is 4.00. The van der Waals surface area contributed by atoms with Gasteiger partial charge in [-0.15, -0.1) is 0 Å². The van der Waals surface area contributed by atoms with Gasteiger partial charge in [0.25, 0.3) is 23.1 Å². The van der Waals surface area contributed by atoms with Crippen LogP contribution in [0, 0.1) is 20.2 Å². The lowest BCUT2D eigenvalue weighted by Gasteiger charge is -2.25. The highest BCUT2D eigenvalue weighted by molar-refractivity contribution is 6.51. The summed E-state index contributed by atoms with van der Waals surface area (Å²) in [6.45, 7) is 1.33. The Morgan fingerprint density at radius 3 is 1.86 bits per heavy atom. The van der Waals surface area contributed by atoms with Gasteiger partial charge < -0.3 is 10.4 Å². The number of ketones is 1. The minimum Gasteiger partial charge on any atom is -0.507 e. The summed E-state index contributed by atoms with van der Waals surface area (Å²) in [5, 5.41) is 35.8. The van der Waals surface area contributed by atoms with Crippen molar-refractivity contribution in [3.8, 4) is 0 Å². The molecule has 0 bridgehead atoms. The number of anilines is 2. The number of non-ortho nitro benzene ring substituents is 2. The normalized spacial score (nSPS) is 16.5. The number of hydrogen-bond acceptors (Lipinski definition) is 8. The van der Waals surface area contributed by atoms with Crippen molar-refractivity contribution in [2.45, 2.75) is 13.0 Å². The molecule has 3 aromatic carbocycles. The van der Waals surface area contributed by atoms with E-state index in [1.807, 2.05) is 0 Å². The average molecular weight is 502 g/mol. The minimum absolute atomic E-state index is 0.0662. The molecule has 1 fully saturated rings. The lowest BCUT2D eigenvalue weighted by molar-refractivity contribution is -0.385. The first-order chi connectivity index (χ1) is 17.6. The number of benzene rings is 3. The number of nitrogens with zero attached hydrogens (tertiary/aromatic N) is 3. The van der Waals surface area contributed by atoms with E-state index in [9.17, 15) is 39.7 Å². The standard InChI is InChI=1S/C25H18N4O8/c1-14(30)26-17-6-12-18(13-7-17)27-22(15-2-8-19(9-3-15)28(34)35)21(24(32)25(27)33)23(31)16-4-10-20(11-5-16)29(36)37/h2-13,22,31H,1H3,(H,26,30)/b23-21-. The molecule has 1 aliphatic heterocycles. The van der Waals surface area contributed by atoms with Crippen LogP contribution < -0.4 is 10.2 Å². The third-order valence-electron chi connectivity index (χ3n) is 5.68. The first-order valence-electron chi connectivity index (χ1n) is 10.8. The maximum atomic E-state index is 13.2. The SMILES string of the molecule is CC(=O)Nc1ccc(N2C(=O)C(=O)/C(=C(\O)c3ccc([N+](=O)[O-])cc3)C2c2ccc([N+](=O)[O-])cc2)cc1. The number of aliphatic hydroxyl groups is 1. The summed E-state index contributed by atoms with van der Waals surface area (Å²) in [4.78, 5) is 59.7. The molecule has 0 saturated carbocycles. The fraction of sp³-hybridized carbons (Fsp3) is 0.0800. The van der Waals surface area contributed by atoms with Gasteiger partial charge in [-0.05, 0) is 54.1 Å². The number of nitro benzene ring substituents is 2. The van der Waals surface area contributed by atoms with E-state index < -0.39 is 33.3 Å². The van der Waals surface area contributed by atoms with E-state index >= 15 is 0 Å². The predicted molar refractivity (Wildman–Crippen MR) is 132 cm³/mol. The quantitative estimate of drug-likeness (QED) is 0.167. The summed E-state index contributed by atoms with van der Waals surface area (Å²) in [5.41, 5.74) is 0.348. The molecule has 4 rings (SSSR count). The lowest BCUT2D eigenvalue weighted by atomic mass is 9.95. The Balaban J connectivity index is 1.87. The zero-order valence-corrected chi connectivity index (χ0v) is 19.2. The lowest BCUT2D eigenvalue weighted by Crippen LogP contribution is -2.29. The number of Topliss-reactive ketones (excluding diaryl/α,β-unsaturated/α-hetero) is 1. The number of carbonyl (C=O) groups excluding carboxylic acids is 3. The minimum atomic E-state index is -1.16. The van der Waals surface area contributed by atoms with Gasteiger partial charge >= 0.3 is 0 Å². The molecule has 0 radical (unpaired) electrons. The Labute approximate surface area is 208 Å². The molecule has 0 aliphatic carbocycles. The zero-order chi connectivity index (χ0) is 26.9. The van der Waals surface area contributed by atoms with Crippen molar-refractivity contribution in [1.82, 2.24) is 0 Å². The molecule has 37 heavy (non-hydrogen) atoms. The molecule has 12 nitrogen and oxygen atoms in total. The van der Waals surface area contributed by atoms with Gasteiger partial charge in [0.2, 0.25) is 5.91 Å². The molecule has 2 amide bonds. The van der Waals surface area contributed by atoms with Crippen molar-refractivity contribution >= 4 is 46.1 Å². The molecule has 12 heteroatoms. The highest BCUT2D eigenvalue weighted by atomic mass is 16.6. The summed E-state index contributed by atoms with van der Waals surface area (Å²) in [7, 11) is 0. The second-order valence-corrected chi connectivity index (χ2v) is 8.05. The number of hydrogen-bond donors (Lipinski definition) is 2. The Morgan fingerprint density at radius 2 is 1.38 bits per heavy atom.